The lowest BCUT2D eigenvalue weighted by Gasteiger charge is -2.34. The molecule has 2 aromatic heterocycles. The van der Waals surface area contributed by atoms with Crippen LogP contribution in [-0.2, 0) is 11.8 Å². The first-order chi connectivity index (χ1) is 13.0. The summed E-state index contributed by atoms with van der Waals surface area (Å²) in [6.07, 6.45) is 7.46. The van der Waals surface area contributed by atoms with Crippen LogP contribution in [0.2, 0.25) is 0 Å². The SMILES string of the molecule is CC(=O)NCC1CCC([C@@H](NC(=O)c2ccnn2C)c2ccccn2)CC1. The minimum absolute atomic E-state index is 0.0203. The summed E-state index contributed by atoms with van der Waals surface area (Å²) in [4.78, 5) is 28.4. The van der Waals surface area contributed by atoms with Crippen molar-refractivity contribution in [1.29, 1.82) is 0 Å². The van der Waals surface area contributed by atoms with Gasteiger partial charge in [0.15, 0.2) is 0 Å². The lowest BCUT2D eigenvalue weighted by molar-refractivity contribution is -0.119. The molecule has 0 aliphatic heterocycles. The van der Waals surface area contributed by atoms with E-state index in [4.69, 9.17) is 0 Å². The molecule has 144 valence electrons. The Morgan fingerprint density at radius 1 is 1.19 bits per heavy atom. The third kappa shape index (κ3) is 4.93. The normalized spacial score (nSPS) is 20.7. The van der Waals surface area contributed by atoms with Crippen LogP contribution in [0.4, 0.5) is 0 Å². The Bertz CT molecular complexity index is 766. The quantitative estimate of drug-likeness (QED) is 0.817. The number of nitrogens with zero attached hydrogens (tertiary/aromatic N) is 3. The topological polar surface area (TPSA) is 88.9 Å². The highest BCUT2D eigenvalue weighted by Crippen LogP contribution is 2.36. The number of aryl methyl sites for hydroxylation is 1. The molecule has 1 aliphatic rings. The number of carbonyl (C=O) groups is 2. The number of pyridine rings is 1. The van der Waals surface area contributed by atoms with Crippen LogP contribution in [0.3, 0.4) is 0 Å². The third-order valence-electron chi connectivity index (χ3n) is 5.35. The molecule has 3 rings (SSSR count). The van der Waals surface area contributed by atoms with E-state index in [9.17, 15) is 9.59 Å². The number of aromatic nitrogens is 3. The van der Waals surface area contributed by atoms with Gasteiger partial charge in [-0.1, -0.05) is 6.07 Å². The van der Waals surface area contributed by atoms with Crippen LogP contribution < -0.4 is 10.6 Å². The number of amides is 2. The first-order valence-corrected chi connectivity index (χ1v) is 9.49. The predicted octanol–water partition coefficient (Wildman–Crippen LogP) is 2.23. The highest BCUT2D eigenvalue weighted by molar-refractivity contribution is 5.92. The molecule has 1 fully saturated rings. The van der Waals surface area contributed by atoms with Gasteiger partial charge in [0.05, 0.1) is 11.7 Å². The van der Waals surface area contributed by atoms with E-state index in [0.29, 0.717) is 17.5 Å². The number of hydrogen-bond acceptors (Lipinski definition) is 4. The fourth-order valence-electron chi connectivity index (χ4n) is 3.82. The standard InChI is InChI=1S/C20H27N5O2/c1-14(26)22-13-15-6-8-16(9-7-15)19(17-5-3-4-11-21-17)24-20(27)18-10-12-23-25(18)2/h3-5,10-12,15-16,19H,6-9,13H2,1-2H3,(H,22,26)(H,24,27)/t15?,16?,19-/m1/s1. The van der Waals surface area contributed by atoms with Gasteiger partial charge in [-0.3, -0.25) is 19.3 Å². The number of nitrogens with one attached hydrogen (secondary N) is 2. The van der Waals surface area contributed by atoms with Gasteiger partial charge in [0, 0.05) is 32.9 Å². The van der Waals surface area contributed by atoms with E-state index in [-0.39, 0.29) is 17.9 Å². The largest absolute Gasteiger partial charge is 0.356 e. The molecule has 2 N–H and O–H groups in total. The van der Waals surface area contributed by atoms with Crippen LogP contribution >= 0.6 is 0 Å². The van der Waals surface area contributed by atoms with Gasteiger partial charge < -0.3 is 10.6 Å². The summed E-state index contributed by atoms with van der Waals surface area (Å²) in [5, 5.41) is 10.2. The molecule has 0 spiro atoms. The van der Waals surface area contributed by atoms with Gasteiger partial charge in [0.25, 0.3) is 5.91 Å². The fraction of sp³-hybridized carbons (Fsp3) is 0.500. The minimum Gasteiger partial charge on any atom is -0.356 e. The van der Waals surface area contributed by atoms with Gasteiger partial charge in [0.1, 0.15) is 5.69 Å². The maximum Gasteiger partial charge on any atom is 0.270 e. The molecule has 1 saturated carbocycles. The lowest BCUT2D eigenvalue weighted by Crippen LogP contribution is -2.37. The highest BCUT2D eigenvalue weighted by Gasteiger charge is 2.31. The maximum absolute atomic E-state index is 12.7. The summed E-state index contributed by atoms with van der Waals surface area (Å²) < 4.78 is 1.58. The fourth-order valence-corrected chi connectivity index (χ4v) is 3.82. The van der Waals surface area contributed by atoms with Crippen molar-refractivity contribution in [3.63, 3.8) is 0 Å². The molecular formula is C20H27N5O2. The van der Waals surface area contributed by atoms with Crippen molar-refractivity contribution in [2.75, 3.05) is 6.54 Å². The molecule has 1 atom stereocenters. The van der Waals surface area contributed by atoms with Gasteiger partial charge in [-0.05, 0) is 55.7 Å². The van der Waals surface area contributed by atoms with Gasteiger partial charge in [0.2, 0.25) is 5.91 Å². The first kappa shape index (κ1) is 19.1. The molecule has 27 heavy (non-hydrogen) atoms. The molecule has 0 aromatic carbocycles. The molecule has 0 radical (unpaired) electrons. The monoisotopic (exact) mass is 369 g/mol. The van der Waals surface area contributed by atoms with Gasteiger partial charge >= 0.3 is 0 Å². The Kier molecular flexibility index (Phi) is 6.21. The lowest BCUT2D eigenvalue weighted by atomic mass is 9.77. The van der Waals surface area contributed by atoms with Gasteiger partial charge in [-0.25, -0.2) is 0 Å². The van der Waals surface area contributed by atoms with E-state index < -0.39 is 0 Å². The summed E-state index contributed by atoms with van der Waals surface area (Å²) in [5.74, 6) is 0.714. The second-order valence-corrected chi connectivity index (χ2v) is 7.26. The van der Waals surface area contributed by atoms with E-state index in [1.165, 1.54) is 0 Å². The molecular weight excluding hydrogens is 342 g/mol. The van der Waals surface area contributed by atoms with Crippen molar-refractivity contribution in [2.45, 2.75) is 38.6 Å². The zero-order valence-corrected chi connectivity index (χ0v) is 15.9. The highest BCUT2D eigenvalue weighted by atomic mass is 16.2. The van der Waals surface area contributed by atoms with Crippen molar-refractivity contribution in [3.8, 4) is 0 Å². The zero-order chi connectivity index (χ0) is 19.2. The van der Waals surface area contributed by atoms with E-state index >= 15 is 0 Å². The van der Waals surface area contributed by atoms with E-state index in [0.717, 1.165) is 37.9 Å². The van der Waals surface area contributed by atoms with Crippen LogP contribution in [-0.4, -0.2) is 33.1 Å². The van der Waals surface area contributed by atoms with Crippen molar-refractivity contribution in [1.82, 2.24) is 25.4 Å². The Labute approximate surface area is 159 Å². The van der Waals surface area contributed by atoms with Crippen molar-refractivity contribution < 1.29 is 9.59 Å². The van der Waals surface area contributed by atoms with Crippen molar-refractivity contribution in [2.24, 2.45) is 18.9 Å². The molecule has 7 nitrogen and oxygen atoms in total. The van der Waals surface area contributed by atoms with E-state index in [1.54, 1.807) is 37.1 Å². The van der Waals surface area contributed by atoms with Crippen molar-refractivity contribution in [3.05, 3.63) is 48.0 Å². The second kappa shape index (κ2) is 8.79. The van der Waals surface area contributed by atoms with Gasteiger partial charge in [-0.15, -0.1) is 0 Å². The number of hydrogen-bond donors (Lipinski definition) is 2. The van der Waals surface area contributed by atoms with E-state index in [2.05, 4.69) is 20.7 Å². The second-order valence-electron chi connectivity index (χ2n) is 7.26. The molecule has 0 saturated heterocycles. The molecule has 0 bridgehead atoms. The van der Waals surface area contributed by atoms with Crippen LogP contribution in [0, 0.1) is 11.8 Å². The maximum atomic E-state index is 12.7. The molecule has 0 unspecified atom stereocenters. The summed E-state index contributed by atoms with van der Waals surface area (Å²) in [6, 6.07) is 7.39. The summed E-state index contributed by atoms with van der Waals surface area (Å²) in [7, 11) is 1.76. The van der Waals surface area contributed by atoms with Crippen LogP contribution in [0.25, 0.3) is 0 Å². The molecule has 7 heteroatoms. The summed E-state index contributed by atoms with van der Waals surface area (Å²) in [5.41, 5.74) is 1.42. The Morgan fingerprint density at radius 2 is 1.96 bits per heavy atom. The summed E-state index contributed by atoms with van der Waals surface area (Å²) in [6.45, 7) is 2.29. The Balaban J connectivity index is 1.69. The smallest absolute Gasteiger partial charge is 0.270 e. The Hall–Kier alpha value is -2.70. The average Bonchev–Trinajstić information content (AvgIpc) is 3.11. The zero-order valence-electron chi connectivity index (χ0n) is 15.9. The third-order valence-corrected chi connectivity index (χ3v) is 5.35. The molecule has 2 amide bonds. The van der Waals surface area contributed by atoms with E-state index in [1.807, 2.05) is 18.2 Å². The molecule has 2 heterocycles. The first-order valence-electron chi connectivity index (χ1n) is 9.49. The number of carbonyl (C=O) groups excluding carboxylic acids is 2. The number of rotatable bonds is 6. The van der Waals surface area contributed by atoms with Gasteiger partial charge in [-0.2, -0.15) is 5.10 Å². The van der Waals surface area contributed by atoms with Crippen LogP contribution in [0.1, 0.15) is 54.8 Å². The van der Waals surface area contributed by atoms with Crippen LogP contribution in [0.15, 0.2) is 36.7 Å². The molecule has 1 aliphatic carbocycles. The Morgan fingerprint density at radius 3 is 2.56 bits per heavy atom. The summed E-state index contributed by atoms with van der Waals surface area (Å²) >= 11 is 0. The van der Waals surface area contributed by atoms with Crippen LogP contribution in [0.5, 0.6) is 0 Å². The average molecular weight is 369 g/mol. The van der Waals surface area contributed by atoms with Crippen molar-refractivity contribution >= 4 is 11.8 Å². The molecule has 2 aromatic rings. The minimum atomic E-state index is -0.133. The predicted molar refractivity (Wildman–Crippen MR) is 102 cm³/mol.